The van der Waals surface area contributed by atoms with Crippen LogP contribution < -0.4 is 0 Å². The van der Waals surface area contributed by atoms with Crippen molar-refractivity contribution in [3.8, 4) is 0 Å². The van der Waals surface area contributed by atoms with E-state index < -0.39 is 0 Å². The largest absolute Gasteiger partial charge is 0.300 e. The van der Waals surface area contributed by atoms with E-state index in [1.165, 1.54) is 44.9 Å². The third kappa shape index (κ3) is 4.78. The number of hydrogen-bond acceptors (Lipinski definition) is 3. The molecule has 3 aliphatic carbocycles. The number of alkyl halides is 1. The molecule has 0 N–H and O–H groups in total. The first kappa shape index (κ1) is 24.4. The van der Waals surface area contributed by atoms with E-state index in [0.29, 0.717) is 29.5 Å². The lowest BCUT2D eigenvalue weighted by molar-refractivity contribution is -0.338. The maximum absolute atomic E-state index is 12.8. The summed E-state index contributed by atoms with van der Waals surface area (Å²) in [6, 6.07) is 0. The van der Waals surface area contributed by atoms with Gasteiger partial charge in [-0.25, -0.2) is 9.78 Å². The van der Waals surface area contributed by atoms with Crippen molar-refractivity contribution in [3.63, 3.8) is 0 Å². The van der Waals surface area contributed by atoms with Crippen molar-refractivity contribution in [2.24, 2.45) is 40.9 Å². The van der Waals surface area contributed by atoms with E-state index in [1.54, 1.807) is 0 Å². The normalized spacial score (nSPS) is 46.6. The highest BCUT2D eigenvalue weighted by atomic mass is 127. The molecule has 4 fully saturated rings. The summed E-state index contributed by atoms with van der Waals surface area (Å²) in [4.78, 5) is 24.7. The van der Waals surface area contributed by atoms with Crippen molar-refractivity contribution in [2.45, 2.75) is 121 Å². The highest BCUT2D eigenvalue weighted by Gasteiger charge is 2.59. The minimum atomic E-state index is -0.179. The lowest BCUT2D eigenvalue weighted by atomic mass is 9.52. The van der Waals surface area contributed by atoms with Crippen molar-refractivity contribution in [2.75, 3.05) is 0 Å². The van der Waals surface area contributed by atoms with Crippen LogP contribution in [-0.4, -0.2) is 21.4 Å². The van der Waals surface area contributed by atoms with Gasteiger partial charge in [0.1, 0.15) is 17.5 Å². The van der Waals surface area contributed by atoms with Crippen LogP contribution in [-0.2, 0) is 14.6 Å². The fourth-order valence-corrected chi connectivity index (χ4v) is 9.16. The van der Waals surface area contributed by atoms with Gasteiger partial charge in [0, 0.05) is 23.2 Å². The number of carbonyl (C=O) groups is 1. The molecule has 0 radical (unpaired) electrons. The molecule has 0 aromatic carbocycles. The minimum Gasteiger partial charge on any atom is -0.300 e. The third-order valence-electron chi connectivity index (χ3n) is 9.97. The number of hydrogen-bond donors (Lipinski definition) is 0. The van der Waals surface area contributed by atoms with Gasteiger partial charge >= 0.3 is 0 Å². The van der Waals surface area contributed by atoms with Crippen molar-refractivity contribution in [3.05, 3.63) is 0 Å². The molecule has 1 aliphatic heterocycles. The fourth-order valence-electron chi connectivity index (χ4n) is 8.29. The van der Waals surface area contributed by atoms with Crippen molar-refractivity contribution < 1.29 is 14.6 Å². The monoisotopic (exact) mass is 544 g/mol. The van der Waals surface area contributed by atoms with E-state index >= 15 is 0 Å². The van der Waals surface area contributed by atoms with Crippen LogP contribution in [0.4, 0.5) is 0 Å². The van der Waals surface area contributed by atoms with E-state index in [-0.39, 0.29) is 15.6 Å². The molecule has 4 heteroatoms. The van der Waals surface area contributed by atoms with Gasteiger partial charge in [0.2, 0.25) is 0 Å². The van der Waals surface area contributed by atoms with Gasteiger partial charge in [-0.15, -0.1) is 0 Å². The Labute approximate surface area is 204 Å². The summed E-state index contributed by atoms with van der Waals surface area (Å²) < 4.78 is 0.236. The molecule has 4 aliphatic rings. The maximum atomic E-state index is 12.8. The van der Waals surface area contributed by atoms with Crippen LogP contribution in [0.25, 0.3) is 0 Å². The Morgan fingerprint density at radius 3 is 2.58 bits per heavy atom. The Kier molecular flexibility index (Phi) is 7.51. The summed E-state index contributed by atoms with van der Waals surface area (Å²) in [6.07, 6.45) is 12.9. The standard InChI is InChI=1S/C27H45IO3/c1-17(2)7-6-8-18(3)21-11-12-22-20-10-9-19(29)15-24(28)25-16-27(5,31-30-25)23(20)13-14-26(21,22)4/h17-18,20-25H,6-16H2,1-5H3/t18-,20+,21-,22+,23+,24+,25-,26-,27+/m1/s1. The second-order valence-electron chi connectivity index (χ2n) is 12.4. The van der Waals surface area contributed by atoms with Gasteiger partial charge < -0.3 is 0 Å². The van der Waals surface area contributed by atoms with Crippen LogP contribution in [0.1, 0.15) is 105 Å². The summed E-state index contributed by atoms with van der Waals surface area (Å²) in [5.41, 5.74) is 0.258. The van der Waals surface area contributed by atoms with E-state index in [2.05, 4.69) is 57.2 Å². The van der Waals surface area contributed by atoms with Gasteiger partial charge in [-0.3, -0.25) is 4.79 Å². The molecule has 0 aromatic rings. The van der Waals surface area contributed by atoms with Gasteiger partial charge in [-0.1, -0.05) is 69.5 Å². The Morgan fingerprint density at radius 1 is 1.06 bits per heavy atom. The lowest BCUT2D eigenvalue weighted by Crippen LogP contribution is -2.50. The molecule has 1 saturated heterocycles. The highest BCUT2D eigenvalue weighted by molar-refractivity contribution is 14.1. The van der Waals surface area contributed by atoms with Crippen molar-refractivity contribution >= 4 is 28.4 Å². The second-order valence-corrected chi connectivity index (χ2v) is 14.0. The first-order chi connectivity index (χ1) is 14.6. The average Bonchev–Trinajstić information content (AvgIpc) is 3.26. The molecule has 9 atom stereocenters. The summed E-state index contributed by atoms with van der Waals surface area (Å²) in [6.45, 7) is 12.1. The van der Waals surface area contributed by atoms with E-state index in [0.717, 1.165) is 42.9 Å². The molecule has 0 amide bonds. The van der Waals surface area contributed by atoms with Crippen LogP contribution in [0.5, 0.6) is 0 Å². The van der Waals surface area contributed by atoms with Crippen LogP contribution in [0.2, 0.25) is 0 Å². The van der Waals surface area contributed by atoms with E-state index in [9.17, 15) is 4.79 Å². The fraction of sp³-hybridized carbons (Fsp3) is 0.963. The van der Waals surface area contributed by atoms with Crippen LogP contribution in [0, 0.1) is 40.9 Å². The Morgan fingerprint density at radius 2 is 1.84 bits per heavy atom. The zero-order valence-corrected chi connectivity index (χ0v) is 22.7. The van der Waals surface area contributed by atoms with E-state index in [1.807, 2.05) is 0 Å². The zero-order chi connectivity index (χ0) is 22.4. The first-order valence-electron chi connectivity index (χ1n) is 13.1. The van der Waals surface area contributed by atoms with Crippen LogP contribution >= 0.6 is 22.6 Å². The van der Waals surface area contributed by atoms with Gasteiger partial charge in [-0.2, -0.15) is 0 Å². The molecule has 3 saturated carbocycles. The summed E-state index contributed by atoms with van der Waals surface area (Å²) in [7, 11) is 0. The van der Waals surface area contributed by atoms with E-state index in [4.69, 9.17) is 9.78 Å². The van der Waals surface area contributed by atoms with Gasteiger partial charge in [0.25, 0.3) is 0 Å². The molecule has 3 nitrogen and oxygen atoms in total. The molecule has 1 heterocycles. The molecule has 178 valence electrons. The smallest absolute Gasteiger partial charge is 0.134 e. The minimum absolute atomic E-state index is 0.0684. The third-order valence-corrected chi connectivity index (χ3v) is 11.2. The highest BCUT2D eigenvalue weighted by Crippen LogP contribution is 2.64. The molecule has 0 spiro atoms. The second kappa shape index (κ2) is 9.52. The lowest BCUT2D eigenvalue weighted by Gasteiger charge is -2.53. The predicted molar refractivity (Wildman–Crippen MR) is 134 cm³/mol. The quantitative estimate of drug-likeness (QED) is 0.204. The van der Waals surface area contributed by atoms with Crippen molar-refractivity contribution in [1.82, 2.24) is 0 Å². The maximum Gasteiger partial charge on any atom is 0.134 e. The van der Waals surface area contributed by atoms with Gasteiger partial charge in [0.15, 0.2) is 0 Å². The average molecular weight is 545 g/mol. The number of carbonyl (C=O) groups excluding carboxylic acids is 1. The summed E-state index contributed by atoms with van der Waals surface area (Å²) >= 11 is 2.41. The zero-order valence-electron chi connectivity index (χ0n) is 20.5. The van der Waals surface area contributed by atoms with Crippen LogP contribution in [0.15, 0.2) is 0 Å². The Balaban J connectivity index is 1.53. The molecular weight excluding hydrogens is 499 g/mol. The SMILES string of the molecule is CC(C)CCC[C@@H](C)[C@H]1CC[C@H]2[C@@H]3CCC(=O)C[C@H](I)[C@H]4C[C@](C)(OO4)[C@H]3CC[C@]12C. The van der Waals surface area contributed by atoms with Gasteiger partial charge in [-0.05, 0) is 80.0 Å². The molecule has 4 rings (SSSR count). The number of fused-ring (bicyclic) bond motifs is 6. The van der Waals surface area contributed by atoms with Gasteiger partial charge in [0.05, 0.1) is 0 Å². The first-order valence-corrected chi connectivity index (χ1v) is 14.4. The predicted octanol–water partition coefficient (Wildman–Crippen LogP) is 7.54. The Bertz CT molecular complexity index is 650. The molecule has 0 unspecified atom stereocenters. The number of halogens is 1. The summed E-state index contributed by atoms with van der Waals surface area (Å²) in [5.74, 6) is 4.78. The molecule has 2 bridgehead atoms. The Hall–Kier alpha value is 0.320. The molecular formula is C27H45IO3. The van der Waals surface area contributed by atoms with Crippen LogP contribution in [0.3, 0.4) is 0 Å². The number of rotatable bonds is 5. The topological polar surface area (TPSA) is 35.5 Å². The van der Waals surface area contributed by atoms with Crippen molar-refractivity contribution in [1.29, 1.82) is 0 Å². The number of ketones is 1. The number of Topliss-reactive ketones (excluding diaryl/α,β-unsaturated/α-hetero) is 1. The molecule has 31 heavy (non-hydrogen) atoms. The summed E-state index contributed by atoms with van der Waals surface area (Å²) in [5, 5.41) is 0. The molecule has 0 aromatic heterocycles.